The van der Waals surface area contributed by atoms with E-state index >= 15 is 0 Å². The molecule has 2 heterocycles. The smallest absolute Gasteiger partial charge is 0.106 e. The van der Waals surface area contributed by atoms with Crippen LogP contribution in [-0.4, -0.2) is 26.1 Å². The molecule has 0 amide bonds. The van der Waals surface area contributed by atoms with Gasteiger partial charge >= 0.3 is 0 Å². The Morgan fingerprint density at radius 3 is 3.20 bits per heavy atom. The Balaban J connectivity index is 1.56. The molecule has 2 aromatic heterocycles. The molecule has 0 radical (unpaired) electrons. The summed E-state index contributed by atoms with van der Waals surface area (Å²) in [6.07, 6.45) is 5.69. The van der Waals surface area contributed by atoms with Crippen LogP contribution in [0.3, 0.4) is 0 Å². The number of aromatic amines is 1. The predicted molar refractivity (Wildman–Crippen MR) is 58.5 cm³/mol. The normalized spacial score (nSPS) is 10.7. The van der Waals surface area contributed by atoms with Crippen LogP contribution in [0.1, 0.15) is 17.9 Å². The summed E-state index contributed by atoms with van der Waals surface area (Å²) in [7, 11) is 0. The van der Waals surface area contributed by atoms with Crippen LogP contribution in [0.15, 0.2) is 17.8 Å². The first-order valence-electron chi connectivity index (χ1n) is 4.90. The zero-order valence-corrected chi connectivity index (χ0v) is 9.13. The zero-order chi connectivity index (χ0) is 10.3. The average Bonchev–Trinajstić information content (AvgIpc) is 2.88. The molecule has 2 rings (SSSR count). The van der Waals surface area contributed by atoms with Crippen LogP contribution >= 0.6 is 11.5 Å². The average molecular weight is 223 g/mol. The molecule has 0 bridgehead atoms. The van der Waals surface area contributed by atoms with Gasteiger partial charge in [-0.2, -0.15) is 0 Å². The zero-order valence-electron chi connectivity index (χ0n) is 8.31. The Kier molecular flexibility index (Phi) is 3.81. The van der Waals surface area contributed by atoms with E-state index in [9.17, 15) is 0 Å². The number of aryl methyl sites for hydroxylation is 1. The number of hydrogen-bond donors (Lipinski definition) is 2. The van der Waals surface area contributed by atoms with E-state index in [1.165, 1.54) is 11.5 Å². The molecule has 0 aliphatic heterocycles. The van der Waals surface area contributed by atoms with Crippen molar-refractivity contribution < 1.29 is 0 Å². The molecule has 6 heteroatoms. The van der Waals surface area contributed by atoms with Crippen molar-refractivity contribution in [2.24, 2.45) is 0 Å². The van der Waals surface area contributed by atoms with Gasteiger partial charge in [-0.3, -0.25) is 0 Å². The molecule has 0 atom stereocenters. The Bertz CT molecular complexity index is 320. The standard InChI is InChI=1S/C9H13N5S/c1(2-9-11-4-5-12-9)3-10-6-8-7-15-14-13-8/h4-5,7,10H,1-3,6H2,(H,11,12). The lowest BCUT2D eigenvalue weighted by Crippen LogP contribution is -2.15. The number of hydrogen-bond acceptors (Lipinski definition) is 5. The molecule has 0 fully saturated rings. The first-order chi connectivity index (χ1) is 7.45. The lowest BCUT2D eigenvalue weighted by atomic mass is 10.3. The van der Waals surface area contributed by atoms with Crippen LogP contribution in [0.5, 0.6) is 0 Å². The van der Waals surface area contributed by atoms with Gasteiger partial charge in [0.2, 0.25) is 0 Å². The highest BCUT2D eigenvalue weighted by atomic mass is 32.1. The van der Waals surface area contributed by atoms with Gasteiger partial charge in [0, 0.05) is 30.7 Å². The van der Waals surface area contributed by atoms with E-state index in [-0.39, 0.29) is 0 Å². The number of aromatic nitrogens is 4. The highest BCUT2D eigenvalue weighted by Crippen LogP contribution is 1.97. The molecule has 2 N–H and O–H groups in total. The minimum absolute atomic E-state index is 0.800. The highest BCUT2D eigenvalue weighted by molar-refractivity contribution is 7.03. The van der Waals surface area contributed by atoms with Gasteiger partial charge in [0.1, 0.15) is 5.82 Å². The quantitative estimate of drug-likeness (QED) is 0.716. The van der Waals surface area contributed by atoms with Gasteiger partial charge in [0.25, 0.3) is 0 Å². The van der Waals surface area contributed by atoms with Crippen LogP contribution in [0, 0.1) is 0 Å². The van der Waals surface area contributed by atoms with E-state index in [0.29, 0.717) is 0 Å². The maximum absolute atomic E-state index is 4.16. The van der Waals surface area contributed by atoms with Crippen molar-refractivity contribution in [2.75, 3.05) is 6.54 Å². The second-order valence-electron chi connectivity index (χ2n) is 3.21. The molecule has 0 saturated heterocycles. The molecule has 80 valence electrons. The second kappa shape index (κ2) is 5.57. The summed E-state index contributed by atoms with van der Waals surface area (Å²) in [5, 5.41) is 9.22. The van der Waals surface area contributed by atoms with E-state index in [4.69, 9.17) is 0 Å². The molecule has 15 heavy (non-hydrogen) atoms. The molecular weight excluding hydrogens is 210 g/mol. The van der Waals surface area contributed by atoms with Crippen molar-refractivity contribution in [1.82, 2.24) is 24.9 Å². The van der Waals surface area contributed by atoms with E-state index in [1.807, 2.05) is 11.6 Å². The van der Waals surface area contributed by atoms with E-state index in [0.717, 1.165) is 37.4 Å². The lowest BCUT2D eigenvalue weighted by Gasteiger charge is -2.00. The van der Waals surface area contributed by atoms with Gasteiger partial charge in [-0.15, -0.1) is 5.10 Å². The van der Waals surface area contributed by atoms with Crippen molar-refractivity contribution in [1.29, 1.82) is 0 Å². The molecular formula is C9H13N5S. The molecule has 0 saturated carbocycles. The summed E-state index contributed by atoms with van der Waals surface area (Å²) in [6, 6.07) is 0. The van der Waals surface area contributed by atoms with Crippen LogP contribution in [0.4, 0.5) is 0 Å². The minimum Gasteiger partial charge on any atom is -0.349 e. The fraction of sp³-hybridized carbons (Fsp3) is 0.444. The van der Waals surface area contributed by atoms with E-state index in [1.54, 1.807) is 6.20 Å². The third kappa shape index (κ3) is 3.41. The van der Waals surface area contributed by atoms with Crippen molar-refractivity contribution in [3.63, 3.8) is 0 Å². The molecule has 2 aromatic rings. The van der Waals surface area contributed by atoms with Gasteiger partial charge in [-0.05, 0) is 24.5 Å². The highest BCUT2D eigenvalue weighted by Gasteiger charge is 1.96. The topological polar surface area (TPSA) is 66.5 Å². The summed E-state index contributed by atoms with van der Waals surface area (Å²) < 4.78 is 3.80. The summed E-state index contributed by atoms with van der Waals surface area (Å²) in [5.74, 6) is 1.05. The van der Waals surface area contributed by atoms with Crippen molar-refractivity contribution >= 4 is 11.5 Å². The van der Waals surface area contributed by atoms with Crippen molar-refractivity contribution in [3.05, 3.63) is 29.3 Å². The SMILES string of the molecule is c1c[nH]c(CCCNCc2csnn2)n1. The second-order valence-corrected chi connectivity index (χ2v) is 3.82. The maximum atomic E-state index is 4.16. The van der Waals surface area contributed by atoms with Crippen LogP contribution in [0.25, 0.3) is 0 Å². The largest absolute Gasteiger partial charge is 0.349 e. The number of H-pyrrole nitrogens is 1. The summed E-state index contributed by atoms with van der Waals surface area (Å²) >= 11 is 1.39. The van der Waals surface area contributed by atoms with Crippen LogP contribution in [0.2, 0.25) is 0 Å². The van der Waals surface area contributed by atoms with Gasteiger partial charge in [0.15, 0.2) is 0 Å². The Labute approximate surface area is 92.1 Å². The van der Waals surface area contributed by atoms with Crippen LogP contribution in [-0.2, 0) is 13.0 Å². The van der Waals surface area contributed by atoms with Gasteiger partial charge in [-0.1, -0.05) is 4.49 Å². The first kappa shape index (κ1) is 10.3. The van der Waals surface area contributed by atoms with Crippen molar-refractivity contribution in [2.45, 2.75) is 19.4 Å². The predicted octanol–water partition coefficient (Wildman–Crippen LogP) is 0.984. The lowest BCUT2D eigenvalue weighted by molar-refractivity contribution is 0.632. The molecule has 0 unspecified atom stereocenters. The maximum Gasteiger partial charge on any atom is 0.106 e. The monoisotopic (exact) mass is 223 g/mol. The van der Waals surface area contributed by atoms with Gasteiger partial charge in [-0.25, -0.2) is 4.98 Å². The fourth-order valence-electron chi connectivity index (χ4n) is 1.29. The third-order valence-electron chi connectivity index (χ3n) is 2.03. The first-order valence-corrected chi connectivity index (χ1v) is 5.74. The third-order valence-corrected chi connectivity index (χ3v) is 2.59. The molecule has 0 spiro atoms. The number of nitrogens with zero attached hydrogens (tertiary/aromatic N) is 3. The molecule has 0 aliphatic rings. The number of rotatable bonds is 6. The van der Waals surface area contributed by atoms with Crippen molar-refractivity contribution in [3.8, 4) is 0 Å². The summed E-state index contributed by atoms with van der Waals surface area (Å²) in [6.45, 7) is 1.77. The van der Waals surface area contributed by atoms with Gasteiger partial charge in [0.05, 0.1) is 5.69 Å². The minimum atomic E-state index is 0.800. The fourth-order valence-corrected chi connectivity index (χ4v) is 1.74. The molecule has 5 nitrogen and oxygen atoms in total. The molecule has 0 aliphatic carbocycles. The van der Waals surface area contributed by atoms with E-state index < -0.39 is 0 Å². The Hall–Kier alpha value is -1.27. The number of nitrogens with one attached hydrogen (secondary N) is 2. The Morgan fingerprint density at radius 1 is 1.47 bits per heavy atom. The van der Waals surface area contributed by atoms with E-state index in [2.05, 4.69) is 24.9 Å². The number of imidazole rings is 1. The molecule has 0 aromatic carbocycles. The summed E-state index contributed by atoms with van der Waals surface area (Å²) in [5.41, 5.74) is 1.01. The summed E-state index contributed by atoms with van der Waals surface area (Å²) in [4.78, 5) is 7.24. The Morgan fingerprint density at radius 2 is 2.47 bits per heavy atom. The van der Waals surface area contributed by atoms with Crippen LogP contribution < -0.4 is 5.32 Å². The van der Waals surface area contributed by atoms with Gasteiger partial charge < -0.3 is 10.3 Å².